The van der Waals surface area contributed by atoms with Crippen molar-refractivity contribution < 1.29 is 4.79 Å². The zero-order valence-electron chi connectivity index (χ0n) is 13.4. The van der Waals surface area contributed by atoms with Crippen LogP contribution in [0.5, 0.6) is 0 Å². The van der Waals surface area contributed by atoms with Crippen LogP contribution in [-0.2, 0) is 6.54 Å². The average molecular weight is 318 g/mol. The van der Waals surface area contributed by atoms with E-state index in [0.717, 1.165) is 16.8 Å². The second-order valence-electron chi connectivity index (χ2n) is 5.40. The first-order valence-electron chi connectivity index (χ1n) is 7.69. The molecule has 0 atom stereocenters. The molecule has 120 valence electrons. The first-order chi connectivity index (χ1) is 11.7. The van der Waals surface area contributed by atoms with E-state index < -0.39 is 0 Å². The summed E-state index contributed by atoms with van der Waals surface area (Å²) in [5, 5.41) is 6.02. The Morgan fingerprint density at radius 2 is 1.71 bits per heavy atom. The fourth-order valence-corrected chi connectivity index (χ4v) is 2.22. The van der Waals surface area contributed by atoms with Crippen LogP contribution in [0.15, 0.2) is 67.0 Å². The standard InChI is InChI=1S/C19H18N4O/c1-14-7-5-6-10-16(14)23-19(24)17-12-22-18(13-20-17)21-11-15-8-3-2-4-9-15/h2-10,12-13H,11H2,1H3,(H,21,22)(H,23,24). The van der Waals surface area contributed by atoms with E-state index in [2.05, 4.69) is 20.6 Å². The Morgan fingerprint density at radius 3 is 2.42 bits per heavy atom. The number of hydrogen-bond donors (Lipinski definition) is 2. The molecule has 0 spiro atoms. The lowest BCUT2D eigenvalue weighted by atomic mass is 10.2. The number of amides is 1. The zero-order chi connectivity index (χ0) is 16.8. The smallest absolute Gasteiger partial charge is 0.275 e. The highest BCUT2D eigenvalue weighted by Gasteiger charge is 2.09. The van der Waals surface area contributed by atoms with Gasteiger partial charge in [0.05, 0.1) is 12.4 Å². The molecule has 0 saturated heterocycles. The third kappa shape index (κ3) is 3.95. The minimum absolute atomic E-state index is 0.272. The van der Waals surface area contributed by atoms with Gasteiger partial charge in [-0.15, -0.1) is 0 Å². The molecule has 5 heteroatoms. The number of rotatable bonds is 5. The van der Waals surface area contributed by atoms with Crippen LogP contribution in [0.25, 0.3) is 0 Å². The van der Waals surface area contributed by atoms with Crippen molar-refractivity contribution in [3.8, 4) is 0 Å². The van der Waals surface area contributed by atoms with Crippen molar-refractivity contribution in [1.82, 2.24) is 9.97 Å². The molecular formula is C19H18N4O. The lowest BCUT2D eigenvalue weighted by Crippen LogP contribution is -2.15. The third-order valence-electron chi connectivity index (χ3n) is 3.59. The molecule has 0 unspecified atom stereocenters. The van der Waals surface area contributed by atoms with Gasteiger partial charge in [0.1, 0.15) is 11.5 Å². The minimum Gasteiger partial charge on any atom is -0.365 e. The highest BCUT2D eigenvalue weighted by atomic mass is 16.1. The molecule has 0 bridgehead atoms. The molecule has 3 rings (SSSR count). The van der Waals surface area contributed by atoms with Crippen LogP contribution in [0.2, 0.25) is 0 Å². The monoisotopic (exact) mass is 318 g/mol. The SMILES string of the molecule is Cc1ccccc1NC(=O)c1cnc(NCc2ccccc2)cn1. The molecule has 0 radical (unpaired) electrons. The lowest BCUT2D eigenvalue weighted by molar-refractivity contribution is 0.102. The Hall–Kier alpha value is -3.21. The first kappa shape index (κ1) is 15.7. The number of hydrogen-bond acceptors (Lipinski definition) is 4. The van der Waals surface area contributed by atoms with Gasteiger partial charge in [0, 0.05) is 12.2 Å². The fourth-order valence-electron chi connectivity index (χ4n) is 2.22. The van der Waals surface area contributed by atoms with Crippen molar-refractivity contribution >= 4 is 17.4 Å². The second kappa shape index (κ2) is 7.37. The van der Waals surface area contributed by atoms with E-state index in [0.29, 0.717) is 12.4 Å². The molecule has 1 heterocycles. The normalized spacial score (nSPS) is 10.2. The van der Waals surface area contributed by atoms with Gasteiger partial charge in [-0.1, -0.05) is 48.5 Å². The molecule has 5 nitrogen and oxygen atoms in total. The molecule has 2 aromatic carbocycles. The number of aryl methyl sites for hydroxylation is 1. The van der Waals surface area contributed by atoms with E-state index in [1.807, 2.05) is 61.5 Å². The zero-order valence-corrected chi connectivity index (χ0v) is 13.4. The molecule has 0 fully saturated rings. The van der Waals surface area contributed by atoms with Crippen molar-refractivity contribution in [2.75, 3.05) is 10.6 Å². The van der Waals surface area contributed by atoms with E-state index in [1.54, 1.807) is 6.20 Å². The third-order valence-corrected chi connectivity index (χ3v) is 3.59. The van der Waals surface area contributed by atoms with Crippen molar-refractivity contribution in [1.29, 1.82) is 0 Å². The second-order valence-corrected chi connectivity index (χ2v) is 5.40. The maximum atomic E-state index is 12.2. The fraction of sp³-hybridized carbons (Fsp3) is 0.105. The average Bonchev–Trinajstić information content (AvgIpc) is 2.63. The summed E-state index contributed by atoms with van der Waals surface area (Å²) < 4.78 is 0. The van der Waals surface area contributed by atoms with Crippen LogP contribution in [0.4, 0.5) is 11.5 Å². The van der Waals surface area contributed by atoms with Crippen molar-refractivity contribution in [2.24, 2.45) is 0 Å². The van der Waals surface area contributed by atoms with Gasteiger partial charge in [-0.05, 0) is 24.1 Å². The molecule has 0 aliphatic carbocycles. The van der Waals surface area contributed by atoms with E-state index in [-0.39, 0.29) is 11.6 Å². The molecule has 1 amide bonds. The van der Waals surface area contributed by atoms with Crippen LogP contribution in [-0.4, -0.2) is 15.9 Å². The highest BCUT2D eigenvalue weighted by Crippen LogP contribution is 2.14. The van der Waals surface area contributed by atoms with Crippen LogP contribution in [0.3, 0.4) is 0 Å². The minimum atomic E-state index is -0.272. The summed E-state index contributed by atoms with van der Waals surface area (Å²) in [6.07, 6.45) is 3.04. The van der Waals surface area contributed by atoms with E-state index in [4.69, 9.17) is 0 Å². The van der Waals surface area contributed by atoms with Crippen LogP contribution < -0.4 is 10.6 Å². The maximum absolute atomic E-state index is 12.2. The molecule has 3 aromatic rings. The van der Waals surface area contributed by atoms with Crippen LogP contribution in [0.1, 0.15) is 21.6 Å². The summed E-state index contributed by atoms with van der Waals surface area (Å²) >= 11 is 0. The van der Waals surface area contributed by atoms with E-state index in [9.17, 15) is 4.79 Å². The molecule has 1 aromatic heterocycles. The number of carbonyl (C=O) groups is 1. The molecule has 24 heavy (non-hydrogen) atoms. The first-order valence-corrected chi connectivity index (χ1v) is 7.69. The molecule has 0 saturated carbocycles. The van der Waals surface area contributed by atoms with Crippen LogP contribution in [0, 0.1) is 6.92 Å². The molecule has 0 aliphatic heterocycles. The summed E-state index contributed by atoms with van der Waals surface area (Å²) in [5.74, 6) is 0.359. The van der Waals surface area contributed by atoms with Gasteiger partial charge >= 0.3 is 0 Å². The molecule has 2 N–H and O–H groups in total. The van der Waals surface area contributed by atoms with E-state index in [1.165, 1.54) is 6.20 Å². The van der Waals surface area contributed by atoms with Gasteiger partial charge in [0.15, 0.2) is 0 Å². The largest absolute Gasteiger partial charge is 0.365 e. The Labute approximate surface area is 140 Å². The predicted octanol–water partition coefficient (Wildman–Crippen LogP) is 3.65. The number of anilines is 2. The van der Waals surface area contributed by atoms with Crippen LogP contribution >= 0.6 is 0 Å². The van der Waals surface area contributed by atoms with Gasteiger partial charge in [-0.3, -0.25) is 4.79 Å². The number of nitrogens with one attached hydrogen (secondary N) is 2. The quantitative estimate of drug-likeness (QED) is 0.753. The molecule has 0 aliphatic rings. The van der Waals surface area contributed by atoms with Gasteiger partial charge < -0.3 is 10.6 Å². The van der Waals surface area contributed by atoms with Crippen molar-refractivity contribution in [2.45, 2.75) is 13.5 Å². The summed E-state index contributed by atoms with van der Waals surface area (Å²) in [6, 6.07) is 17.6. The Morgan fingerprint density at radius 1 is 0.958 bits per heavy atom. The van der Waals surface area contributed by atoms with Gasteiger partial charge in [-0.25, -0.2) is 9.97 Å². The summed E-state index contributed by atoms with van der Waals surface area (Å²) in [7, 11) is 0. The summed E-state index contributed by atoms with van der Waals surface area (Å²) in [4.78, 5) is 20.6. The predicted molar refractivity (Wildman–Crippen MR) is 94.9 cm³/mol. The Balaban J connectivity index is 1.61. The van der Waals surface area contributed by atoms with Crippen molar-refractivity contribution in [3.05, 3.63) is 83.8 Å². The lowest BCUT2D eigenvalue weighted by Gasteiger charge is -2.08. The maximum Gasteiger partial charge on any atom is 0.275 e. The number of benzene rings is 2. The number of nitrogens with zero attached hydrogens (tertiary/aromatic N) is 2. The van der Waals surface area contributed by atoms with Crippen molar-refractivity contribution in [3.63, 3.8) is 0 Å². The number of carbonyl (C=O) groups excluding carboxylic acids is 1. The summed E-state index contributed by atoms with van der Waals surface area (Å²) in [6.45, 7) is 2.60. The Kier molecular flexibility index (Phi) is 4.81. The molecular weight excluding hydrogens is 300 g/mol. The number of para-hydroxylation sites is 1. The number of aromatic nitrogens is 2. The summed E-state index contributed by atoms with van der Waals surface area (Å²) in [5.41, 5.74) is 3.21. The Bertz CT molecular complexity index is 816. The van der Waals surface area contributed by atoms with Gasteiger partial charge in [-0.2, -0.15) is 0 Å². The van der Waals surface area contributed by atoms with Gasteiger partial charge in [0.2, 0.25) is 0 Å². The van der Waals surface area contributed by atoms with E-state index >= 15 is 0 Å². The van der Waals surface area contributed by atoms with Gasteiger partial charge in [0.25, 0.3) is 5.91 Å². The topological polar surface area (TPSA) is 66.9 Å². The highest BCUT2D eigenvalue weighted by molar-refractivity contribution is 6.03.